The summed E-state index contributed by atoms with van der Waals surface area (Å²) in [6.07, 6.45) is -0.188. The largest absolute Gasteiger partial charge is 0.494 e. The molecule has 2 aliphatic heterocycles. The predicted molar refractivity (Wildman–Crippen MR) is 156 cm³/mol. The van der Waals surface area contributed by atoms with Crippen LogP contribution in [-0.2, 0) is 31.9 Å². The molecule has 0 spiro atoms. The fourth-order valence-electron chi connectivity index (χ4n) is 4.82. The van der Waals surface area contributed by atoms with E-state index in [1.165, 1.54) is 0 Å². The quantitative estimate of drug-likeness (QED) is 0.491. The van der Waals surface area contributed by atoms with Crippen LogP contribution in [0.2, 0.25) is 0 Å². The van der Waals surface area contributed by atoms with Gasteiger partial charge in [-0.15, -0.1) is 0 Å². The first-order chi connectivity index (χ1) is 18.6. The number of hydrogen-bond acceptors (Lipinski definition) is 6. The van der Waals surface area contributed by atoms with Crippen LogP contribution in [0.3, 0.4) is 0 Å². The minimum atomic E-state index is -0.564. The zero-order valence-electron chi connectivity index (χ0n) is 25.2. The van der Waals surface area contributed by atoms with Gasteiger partial charge in [-0.05, 0) is 72.5 Å². The van der Waals surface area contributed by atoms with E-state index < -0.39 is 23.9 Å². The highest BCUT2D eigenvalue weighted by Crippen LogP contribution is 2.37. The Bertz CT molecular complexity index is 1190. The molecule has 2 aromatic carbocycles. The molecule has 2 fully saturated rings. The molecular weight excluding hydrogens is 507 g/mol. The summed E-state index contributed by atoms with van der Waals surface area (Å²) in [6, 6.07) is 15.6. The second-order valence-electron chi connectivity index (χ2n) is 12.8. The monoisotopic (exact) mass is 550 g/mol. The summed E-state index contributed by atoms with van der Waals surface area (Å²) in [4.78, 5) is 29.7. The van der Waals surface area contributed by atoms with Gasteiger partial charge >= 0.3 is 13.2 Å². The van der Waals surface area contributed by atoms with Crippen molar-refractivity contribution in [3.8, 4) is 5.75 Å². The normalized spacial score (nSPS) is 20.4. The highest BCUT2D eigenvalue weighted by atomic mass is 16.7. The third-order valence-corrected chi connectivity index (χ3v) is 7.79. The van der Waals surface area contributed by atoms with Gasteiger partial charge in [0.25, 0.3) is 0 Å². The lowest BCUT2D eigenvalue weighted by molar-refractivity contribution is -0.134. The summed E-state index contributed by atoms with van der Waals surface area (Å²) in [5.74, 6) is 0.629. The molecule has 2 aliphatic rings. The van der Waals surface area contributed by atoms with E-state index in [2.05, 4.69) is 0 Å². The third kappa shape index (κ3) is 6.99. The molecule has 2 amide bonds. The molecule has 0 aromatic heterocycles. The van der Waals surface area contributed by atoms with Crippen molar-refractivity contribution < 1.29 is 28.4 Å². The molecule has 2 aromatic rings. The summed E-state index contributed by atoms with van der Waals surface area (Å²) >= 11 is 0. The Morgan fingerprint density at radius 2 is 1.65 bits per heavy atom. The van der Waals surface area contributed by atoms with Gasteiger partial charge in [-0.3, -0.25) is 4.79 Å². The van der Waals surface area contributed by atoms with Crippen LogP contribution in [0, 0.1) is 0 Å². The summed E-state index contributed by atoms with van der Waals surface area (Å²) in [6.45, 7) is 17.3. The van der Waals surface area contributed by atoms with Gasteiger partial charge in [0.1, 0.15) is 18.0 Å². The number of carbonyl (C=O) groups is 2. The van der Waals surface area contributed by atoms with E-state index in [1.807, 2.05) is 109 Å². The predicted octanol–water partition coefficient (Wildman–Crippen LogP) is 4.58. The Labute approximate surface area is 239 Å². The molecule has 4 rings (SSSR count). The number of piperazine rings is 1. The van der Waals surface area contributed by atoms with Crippen LogP contribution in [0.5, 0.6) is 5.75 Å². The van der Waals surface area contributed by atoms with E-state index in [1.54, 1.807) is 4.90 Å². The van der Waals surface area contributed by atoms with Crippen LogP contribution in [0.15, 0.2) is 48.5 Å². The van der Waals surface area contributed by atoms with E-state index >= 15 is 0 Å². The molecular formula is C31H43BN2O6. The van der Waals surface area contributed by atoms with Crippen molar-refractivity contribution in [3.05, 3.63) is 59.7 Å². The second-order valence-corrected chi connectivity index (χ2v) is 12.8. The van der Waals surface area contributed by atoms with E-state index in [9.17, 15) is 9.59 Å². The highest BCUT2D eigenvalue weighted by molar-refractivity contribution is 6.62. The maximum Gasteiger partial charge on any atom is 0.494 e. The fourth-order valence-corrected chi connectivity index (χ4v) is 4.82. The zero-order chi connectivity index (χ0) is 29.3. The van der Waals surface area contributed by atoms with Crippen molar-refractivity contribution in [2.24, 2.45) is 0 Å². The number of hydrogen-bond donors (Lipinski definition) is 0. The van der Waals surface area contributed by atoms with Crippen molar-refractivity contribution in [2.75, 3.05) is 19.6 Å². The smallest absolute Gasteiger partial charge is 0.489 e. The molecule has 216 valence electrons. The lowest BCUT2D eigenvalue weighted by Gasteiger charge is -2.40. The SMILES string of the molecule is C[C@@H]1CN(C(=O)OC(C)(C)C)CCN1C(=O)Cc1cc(B2OC(C)(C)C(C)(C)O2)ccc1OCc1ccccc1. The van der Waals surface area contributed by atoms with E-state index in [-0.39, 0.29) is 24.5 Å². The molecule has 40 heavy (non-hydrogen) atoms. The number of benzene rings is 2. The van der Waals surface area contributed by atoms with Gasteiger partial charge in [0.15, 0.2) is 0 Å². The topological polar surface area (TPSA) is 77.5 Å². The Hall–Kier alpha value is -3.04. The van der Waals surface area contributed by atoms with Gasteiger partial charge in [-0.25, -0.2) is 4.79 Å². The minimum Gasteiger partial charge on any atom is -0.489 e. The van der Waals surface area contributed by atoms with E-state index in [0.29, 0.717) is 32.0 Å². The summed E-state index contributed by atoms with van der Waals surface area (Å²) in [7, 11) is -0.543. The minimum absolute atomic E-state index is 0.0213. The Balaban J connectivity index is 1.51. The van der Waals surface area contributed by atoms with Gasteiger partial charge in [-0.2, -0.15) is 0 Å². The van der Waals surface area contributed by atoms with Crippen LogP contribution in [0.4, 0.5) is 4.79 Å². The fraction of sp³-hybridized carbons (Fsp3) is 0.548. The molecule has 8 nitrogen and oxygen atoms in total. The lowest BCUT2D eigenvalue weighted by Crippen LogP contribution is -2.56. The molecule has 0 bridgehead atoms. The number of ether oxygens (including phenoxy) is 2. The Morgan fingerprint density at radius 3 is 2.25 bits per heavy atom. The maximum atomic E-state index is 13.6. The first kappa shape index (κ1) is 29.9. The standard InChI is InChI=1S/C31H43BN2O6/c1-22-20-33(28(36)38-29(2,3)4)16-17-34(22)27(35)19-24-18-25(32-39-30(5,6)31(7,8)40-32)14-15-26(24)37-21-23-12-10-9-11-13-23/h9-15,18,22H,16-17,19-21H2,1-8H3/t22-/m1/s1. The van der Waals surface area contributed by atoms with Crippen molar-refractivity contribution in [1.82, 2.24) is 9.80 Å². The van der Waals surface area contributed by atoms with Crippen LogP contribution >= 0.6 is 0 Å². The zero-order valence-corrected chi connectivity index (χ0v) is 25.2. The molecule has 2 heterocycles. The average molecular weight is 551 g/mol. The maximum absolute atomic E-state index is 13.6. The second kappa shape index (κ2) is 11.5. The first-order valence-corrected chi connectivity index (χ1v) is 14.1. The van der Waals surface area contributed by atoms with Crippen LogP contribution < -0.4 is 10.2 Å². The summed E-state index contributed by atoms with van der Waals surface area (Å²) < 4.78 is 24.3. The van der Waals surface area contributed by atoms with Crippen LogP contribution in [0.1, 0.15) is 66.5 Å². The molecule has 0 N–H and O–H groups in total. The van der Waals surface area contributed by atoms with E-state index in [0.717, 1.165) is 16.6 Å². The molecule has 2 saturated heterocycles. The Kier molecular flexibility index (Phi) is 8.57. The van der Waals surface area contributed by atoms with Gasteiger partial charge in [-0.1, -0.05) is 42.5 Å². The number of amides is 2. The molecule has 0 unspecified atom stereocenters. The Morgan fingerprint density at radius 1 is 1.00 bits per heavy atom. The molecule has 0 aliphatic carbocycles. The van der Waals surface area contributed by atoms with Crippen molar-refractivity contribution in [1.29, 1.82) is 0 Å². The first-order valence-electron chi connectivity index (χ1n) is 14.1. The summed E-state index contributed by atoms with van der Waals surface area (Å²) in [5.41, 5.74) is 1.15. The van der Waals surface area contributed by atoms with Crippen molar-refractivity contribution >= 4 is 24.6 Å². The average Bonchev–Trinajstić information content (AvgIpc) is 3.09. The van der Waals surface area contributed by atoms with Gasteiger partial charge < -0.3 is 28.6 Å². The van der Waals surface area contributed by atoms with E-state index in [4.69, 9.17) is 18.8 Å². The molecule has 0 saturated carbocycles. The number of carbonyl (C=O) groups excluding carboxylic acids is 2. The third-order valence-electron chi connectivity index (χ3n) is 7.79. The number of rotatable bonds is 6. The van der Waals surface area contributed by atoms with Crippen molar-refractivity contribution in [3.63, 3.8) is 0 Å². The molecule has 9 heteroatoms. The summed E-state index contributed by atoms with van der Waals surface area (Å²) in [5, 5.41) is 0. The van der Waals surface area contributed by atoms with Gasteiger partial charge in [0.2, 0.25) is 5.91 Å². The molecule has 1 atom stereocenters. The van der Waals surface area contributed by atoms with Crippen LogP contribution in [0.25, 0.3) is 0 Å². The van der Waals surface area contributed by atoms with Gasteiger partial charge in [0.05, 0.1) is 17.6 Å². The van der Waals surface area contributed by atoms with Crippen molar-refractivity contribution in [2.45, 2.75) is 91.3 Å². The lowest BCUT2D eigenvalue weighted by atomic mass is 9.78. The highest BCUT2D eigenvalue weighted by Gasteiger charge is 2.51. The molecule has 0 radical (unpaired) electrons. The van der Waals surface area contributed by atoms with Crippen LogP contribution in [-0.4, -0.2) is 71.4 Å². The van der Waals surface area contributed by atoms with Gasteiger partial charge in [0, 0.05) is 31.2 Å². The number of nitrogens with zero attached hydrogens (tertiary/aromatic N) is 2.